The van der Waals surface area contributed by atoms with E-state index in [4.69, 9.17) is 4.74 Å². The summed E-state index contributed by atoms with van der Waals surface area (Å²) in [6.07, 6.45) is 0.935. The Bertz CT molecular complexity index is 617. The summed E-state index contributed by atoms with van der Waals surface area (Å²) in [6.45, 7) is 0.296. The van der Waals surface area contributed by atoms with Crippen molar-refractivity contribution < 1.29 is 28.2 Å². The molecule has 2 aliphatic heterocycles. The van der Waals surface area contributed by atoms with Crippen molar-refractivity contribution in [1.29, 1.82) is 0 Å². The maximum atomic E-state index is 13.8. The number of rotatable bonds is 2. The summed E-state index contributed by atoms with van der Waals surface area (Å²) in [6, 6.07) is 1.19. The van der Waals surface area contributed by atoms with Crippen molar-refractivity contribution in [2.24, 2.45) is 5.92 Å². The Balaban J connectivity index is 1.98. The normalized spacial score (nSPS) is 26.4. The first-order valence-corrected chi connectivity index (χ1v) is 6.47. The Morgan fingerprint density at radius 1 is 1.38 bits per heavy atom. The van der Waals surface area contributed by atoms with E-state index in [1.807, 2.05) is 0 Å². The third-order valence-corrected chi connectivity index (χ3v) is 4.27. The molecule has 2 bridgehead atoms. The van der Waals surface area contributed by atoms with Crippen LogP contribution in [-0.4, -0.2) is 41.1 Å². The standard InChI is InChI=1S/C14H13F2NO4/c1-21-13(20)14-4-7(5-14)6-17(14)12(19)11-9(16)2-8(15)3-10(11)18/h2-3,7,18H,4-6H2,1H3. The lowest BCUT2D eigenvalue weighted by atomic mass is 9.73. The molecule has 112 valence electrons. The van der Waals surface area contributed by atoms with Crippen LogP contribution < -0.4 is 0 Å². The van der Waals surface area contributed by atoms with Gasteiger partial charge in [0.05, 0.1) is 7.11 Å². The Hall–Kier alpha value is -2.18. The van der Waals surface area contributed by atoms with Crippen molar-refractivity contribution in [3.63, 3.8) is 0 Å². The number of fused-ring (bicyclic) bond motifs is 1. The average Bonchev–Trinajstić information content (AvgIpc) is 2.91. The number of methoxy groups -OCH3 is 1. The molecule has 0 aromatic heterocycles. The minimum absolute atomic E-state index is 0.165. The van der Waals surface area contributed by atoms with Gasteiger partial charge in [0.1, 0.15) is 28.5 Å². The number of halogens is 2. The lowest BCUT2D eigenvalue weighted by Gasteiger charge is -2.38. The summed E-state index contributed by atoms with van der Waals surface area (Å²) in [5.74, 6) is -4.11. The highest BCUT2D eigenvalue weighted by Gasteiger charge is 2.63. The highest BCUT2D eigenvalue weighted by Crippen LogP contribution is 2.52. The second-order valence-electron chi connectivity index (χ2n) is 5.49. The van der Waals surface area contributed by atoms with Crippen LogP contribution in [0.2, 0.25) is 0 Å². The first kappa shape index (κ1) is 13.8. The van der Waals surface area contributed by atoms with E-state index in [1.54, 1.807) is 0 Å². The number of phenols is 1. The molecule has 5 nitrogen and oxygen atoms in total. The molecule has 3 aliphatic rings. The highest BCUT2D eigenvalue weighted by molar-refractivity contribution is 6.01. The number of benzene rings is 1. The SMILES string of the molecule is COC(=O)C12CC(CN1C(=O)c1c(O)cc(F)cc1F)C2. The quantitative estimate of drug-likeness (QED) is 0.839. The minimum Gasteiger partial charge on any atom is -0.507 e. The van der Waals surface area contributed by atoms with Crippen LogP contribution in [0.5, 0.6) is 5.75 Å². The van der Waals surface area contributed by atoms with Gasteiger partial charge in [-0.3, -0.25) is 4.79 Å². The summed E-state index contributed by atoms with van der Waals surface area (Å²) < 4.78 is 31.5. The van der Waals surface area contributed by atoms with Gasteiger partial charge in [0.25, 0.3) is 5.91 Å². The smallest absolute Gasteiger partial charge is 0.331 e. The fraction of sp³-hybridized carbons (Fsp3) is 0.429. The summed E-state index contributed by atoms with van der Waals surface area (Å²) in [7, 11) is 1.22. The van der Waals surface area contributed by atoms with E-state index in [-0.39, 0.29) is 5.92 Å². The monoisotopic (exact) mass is 297 g/mol. The van der Waals surface area contributed by atoms with Gasteiger partial charge in [-0.05, 0) is 18.8 Å². The van der Waals surface area contributed by atoms with Crippen LogP contribution >= 0.6 is 0 Å². The molecular formula is C14H13F2NO4. The van der Waals surface area contributed by atoms with Crippen LogP contribution in [-0.2, 0) is 9.53 Å². The largest absolute Gasteiger partial charge is 0.507 e. The number of carbonyl (C=O) groups excluding carboxylic acids is 2. The second kappa shape index (κ2) is 4.41. The van der Waals surface area contributed by atoms with Crippen molar-refractivity contribution in [2.75, 3.05) is 13.7 Å². The van der Waals surface area contributed by atoms with Crippen molar-refractivity contribution in [3.8, 4) is 5.75 Å². The van der Waals surface area contributed by atoms with Crippen LogP contribution in [0.4, 0.5) is 8.78 Å². The number of carbonyl (C=O) groups is 2. The van der Waals surface area contributed by atoms with E-state index in [9.17, 15) is 23.5 Å². The number of ether oxygens (including phenoxy) is 1. The van der Waals surface area contributed by atoms with Crippen molar-refractivity contribution in [1.82, 2.24) is 4.90 Å². The van der Waals surface area contributed by atoms with E-state index in [2.05, 4.69) is 0 Å². The molecule has 3 fully saturated rings. The van der Waals surface area contributed by atoms with Crippen LogP contribution in [0.1, 0.15) is 23.2 Å². The van der Waals surface area contributed by atoms with Gasteiger partial charge in [-0.15, -0.1) is 0 Å². The summed E-state index contributed by atoms with van der Waals surface area (Å²) in [5.41, 5.74) is -1.70. The molecule has 0 radical (unpaired) electrons. The van der Waals surface area contributed by atoms with Gasteiger partial charge >= 0.3 is 5.97 Å². The number of phenolic OH excluding ortho intramolecular Hbond substituents is 1. The molecule has 0 unspecified atom stereocenters. The average molecular weight is 297 g/mol. The van der Waals surface area contributed by atoms with Gasteiger partial charge in [0.15, 0.2) is 0 Å². The molecule has 1 aromatic carbocycles. The fourth-order valence-electron chi connectivity index (χ4n) is 3.33. The molecule has 7 heteroatoms. The lowest BCUT2D eigenvalue weighted by molar-refractivity contribution is -0.155. The van der Waals surface area contributed by atoms with E-state index in [0.717, 1.165) is 0 Å². The van der Waals surface area contributed by atoms with Crippen molar-refractivity contribution in [2.45, 2.75) is 18.4 Å². The van der Waals surface area contributed by atoms with Crippen molar-refractivity contribution in [3.05, 3.63) is 29.3 Å². The fourth-order valence-corrected chi connectivity index (χ4v) is 3.33. The maximum absolute atomic E-state index is 13.8. The van der Waals surface area contributed by atoms with Gasteiger partial charge < -0.3 is 14.7 Å². The topological polar surface area (TPSA) is 66.8 Å². The van der Waals surface area contributed by atoms with E-state index in [0.29, 0.717) is 31.5 Å². The predicted molar refractivity (Wildman–Crippen MR) is 66.5 cm³/mol. The number of nitrogens with zero attached hydrogens (tertiary/aromatic N) is 1. The van der Waals surface area contributed by atoms with E-state index in [1.165, 1.54) is 12.0 Å². The third kappa shape index (κ3) is 1.80. The molecular weight excluding hydrogens is 284 g/mol. The Morgan fingerprint density at radius 2 is 2.05 bits per heavy atom. The van der Waals surface area contributed by atoms with E-state index < -0.39 is 40.4 Å². The predicted octanol–water partition coefficient (Wildman–Crippen LogP) is 1.45. The molecule has 2 heterocycles. The van der Waals surface area contributed by atoms with Crippen LogP contribution in [0.3, 0.4) is 0 Å². The molecule has 4 rings (SSSR count). The highest BCUT2D eigenvalue weighted by atomic mass is 19.1. The van der Waals surface area contributed by atoms with Gasteiger partial charge in [-0.1, -0.05) is 0 Å². The lowest BCUT2D eigenvalue weighted by Crippen LogP contribution is -2.55. The molecule has 1 aromatic rings. The number of aromatic hydroxyl groups is 1. The van der Waals surface area contributed by atoms with Crippen LogP contribution in [0, 0.1) is 17.6 Å². The van der Waals surface area contributed by atoms with Gasteiger partial charge in [0.2, 0.25) is 0 Å². The zero-order chi connectivity index (χ0) is 15.4. The van der Waals surface area contributed by atoms with Gasteiger partial charge in [-0.2, -0.15) is 0 Å². The number of esters is 1. The zero-order valence-corrected chi connectivity index (χ0v) is 11.2. The van der Waals surface area contributed by atoms with E-state index >= 15 is 0 Å². The Labute approximate surface area is 119 Å². The van der Waals surface area contributed by atoms with Gasteiger partial charge in [-0.25, -0.2) is 13.6 Å². The number of hydrogen-bond acceptors (Lipinski definition) is 4. The molecule has 21 heavy (non-hydrogen) atoms. The summed E-state index contributed by atoms with van der Waals surface area (Å²) >= 11 is 0. The summed E-state index contributed by atoms with van der Waals surface area (Å²) in [5, 5.41) is 9.64. The summed E-state index contributed by atoms with van der Waals surface area (Å²) in [4.78, 5) is 25.6. The first-order valence-electron chi connectivity index (χ1n) is 6.47. The van der Waals surface area contributed by atoms with Crippen LogP contribution in [0.15, 0.2) is 12.1 Å². The molecule has 1 N–H and O–H groups in total. The Morgan fingerprint density at radius 3 is 2.62 bits per heavy atom. The molecule has 0 atom stereocenters. The minimum atomic E-state index is -1.15. The number of hydrogen-bond donors (Lipinski definition) is 1. The van der Waals surface area contributed by atoms with Crippen molar-refractivity contribution >= 4 is 11.9 Å². The Kier molecular flexibility index (Phi) is 2.89. The maximum Gasteiger partial charge on any atom is 0.331 e. The first-order chi connectivity index (χ1) is 9.89. The number of amides is 1. The van der Waals surface area contributed by atoms with Gasteiger partial charge in [0, 0.05) is 18.7 Å². The second-order valence-corrected chi connectivity index (χ2v) is 5.49. The molecule has 1 amide bonds. The molecule has 1 aliphatic carbocycles. The van der Waals surface area contributed by atoms with Crippen LogP contribution in [0.25, 0.3) is 0 Å². The molecule has 2 saturated heterocycles. The molecule has 0 spiro atoms. The third-order valence-electron chi connectivity index (χ3n) is 4.27. The zero-order valence-electron chi connectivity index (χ0n) is 11.2. The molecule has 1 saturated carbocycles.